The fraction of sp³-hybridized carbons (Fsp3) is 0.600. The average molecular weight is 283 g/mol. The molecular formula is C15H25NO4. The molecule has 0 heterocycles. The number of hydrogen-bond acceptors (Lipinski definition) is 5. The summed E-state index contributed by atoms with van der Waals surface area (Å²) in [5, 5.41) is 13.0. The summed E-state index contributed by atoms with van der Waals surface area (Å²) in [7, 11) is 3.33. The zero-order valence-electron chi connectivity index (χ0n) is 12.3. The van der Waals surface area contributed by atoms with Crippen molar-refractivity contribution in [3.05, 3.63) is 24.3 Å². The topological polar surface area (TPSA) is 60.0 Å². The van der Waals surface area contributed by atoms with Crippen LogP contribution in [0.5, 0.6) is 11.5 Å². The predicted octanol–water partition coefficient (Wildman–Crippen LogP) is 1.45. The van der Waals surface area contributed by atoms with Crippen LogP contribution in [0.3, 0.4) is 0 Å². The van der Waals surface area contributed by atoms with Crippen LogP contribution in [0.15, 0.2) is 24.3 Å². The molecule has 5 nitrogen and oxygen atoms in total. The highest BCUT2D eigenvalue weighted by Gasteiger charge is 2.04. The number of unbranched alkanes of at least 4 members (excludes halogenated alkanes) is 1. The Bertz CT molecular complexity index is 342. The monoisotopic (exact) mass is 283 g/mol. The Balaban J connectivity index is 2.08. The lowest BCUT2D eigenvalue weighted by atomic mass is 10.3. The van der Waals surface area contributed by atoms with Gasteiger partial charge in [-0.1, -0.05) is 0 Å². The Kier molecular flexibility index (Phi) is 8.78. The van der Waals surface area contributed by atoms with Crippen LogP contribution in [0, 0.1) is 0 Å². The van der Waals surface area contributed by atoms with Crippen molar-refractivity contribution >= 4 is 0 Å². The number of rotatable bonds is 11. The van der Waals surface area contributed by atoms with Crippen LogP contribution in [0.2, 0.25) is 0 Å². The van der Waals surface area contributed by atoms with Crippen molar-refractivity contribution in [1.29, 1.82) is 0 Å². The fourth-order valence-corrected chi connectivity index (χ4v) is 1.69. The van der Waals surface area contributed by atoms with Crippen LogP contribution in [-0.2, 0) is 4.74 Å². The lowest BCUT2D eigenvalue weighted by Gasteiger charge is -2.13. The molecule has 0 radical (unpaired) electrons. The second-order valence-electron chi connectivity index (χ2n) is 4.54. The molecule has 0 aliphatic rings. The van der Waals surface area contributed by atoms with Gasteiger partial charge in [0.15, 0.2) is 0 Å². The van der Waals surface area contributed by atoms with Gasteiger partial charge in [0.1, 0.15) is 24.2 Å². The van der Waals surface area contributed by atoms with E-state index in [4.69, 9.17) is 14.2 Å². The van der Waals surface area contributed by atoms with Gasteiger partial charge in [-0.25, -0.2) is 0 Å². The average Bonchev–Trinajstić information content (AvgIpc) is 2.49. The summed E-state index contributed by atoms with van der Waals surface area (Å²) in [6, 6.07) is 7.30. The van der Waals surface area contributed by atoms with E-state index >= 15 is 0 Å². The quantitative estimate of drug-likeness (QED) is 0.602. The molecule has 5 heteroatoms. The molecule has 0 spiro atoms. The molecule has 0 amide bonds. The molecule has 0 fully saturated rings. The van der Waals surface area contributed by atoms with E-state index in [-0.39, 0.29) is 6.61 Å². The van der Waals surface area contributed by atoms with Crippen LogP contribution in [-0.4, -0.2) is 51.7 Å². The van der Waals surface area contributed by atoms with Gasteiger partial charge in [-0.15, -0.1) is 0 Å². The van der Waals surface area contributed by atoms with E-state index in [1.807, 2.05) is 24.3 Å². The van der Waals surface area contributed by atoms with Crippen molar-refractivity contribution in [3.8, 4) is 11.5 Å². The Morgan fingerprint density at radius 2 is 1.80 bits per heavy atom. The zero-order valence-corrected chi connectivity index (χ0v) is 12.3. The van der Waals surface area contributed by atoms with E-state index in [9.17, 15) is 5.11 Å². The summed E-state index contributed by atoms with van der Waals surface area (Å²) in [6.45, 7) is 2.47. The molecule has 1 aromatic rings. The number of nitrogens with one attached hydrogen (secondary N) is 1. The number of aliphatic hydroxyl groups excluding tert-OH is 1. The normalized spacial score (nSPS) is 12.2. The first-order chi connectivity index (χ1) is 9.76. The molecule has 0 bridgehead atoms. The van der Waals surface area contributed by atoms with Crippen LogP contribution in [0.1, 0.15) is 12.8 Å². The number of benzene rings is 1. The first kappa shape index (κ1) is 16.8. The highest BCUT2D eigenvalue weighted by molar-refractivity contribution is 5.31. The zero-order chi connectivity index (χ0) is 14.6. The third kappa shape index (κ3) is 7.33. The van der Waals surface area contributed by atoms with E-state index in [2.05, 4.69) is 5.32 Å². The van der Waals surface area contributed by atoms with Gasteiger partial charge in [0.05, 0.1) is 7.11 Å². The molecule has 0 aliphatic carbocycles. The van der Waals surface area contributed by atoms with Gasteiger partial charge >= 0.3 is 0 Å². The van der Waals surface area contributed by atoms with Gasteiger partial charge in [0.2, 0.25) is 0 Å². The maximum Gasteiger partial charge on any atom is 0.119 e. The Morgan fingerprint density at radius 3 is 2.45 bits per heavy atom. The highest BCUT2D eigenvalue weighted by Crippen LogP contribution is 2.16. The standard InChI is InChI=1S/C15H25NO4/c1-18-10-4-3-9-16-11-13(17)12-20-15-7-5-14(19-2)6-8-15/h5-8,13,16-17H,3-4,9-12H2,1-2H3. The minimum absolute atomic E-state index is 0.275. The molecule has 114 valence electrons. The molecule has 1 atom stereocenters. The van der Waals surface area contributed by atoms with Crippen molar-refractivity contribution in [3.63, 3.8) is 0 Å². The molecule has 2 N–H and O–H groups in total. The van der Waals surface area contributed by atoms with Gasteiger partial charge in [-0.3, -0.25) is 0 Å². The van der Waals surface area contributed by atoms with Crippen LogP contribution in [0.4, 0.5) is 0 Å². The Labute approximate surface area is 120 Å². The lowest BCUT2D eigenvalue weighted by molar-refractivity contribution is 0.106. The fourth-order valence-electron chi connectivity index (χ4n) is 1.69. The summed E-state index contributed by atoms with van der Waals surface area (Å²) < 4.78 is 15.5. The summed E-state index contributed by atoms with van der Waals surface area (Å²) in [5.41, 5.74) is 0. The Hall–Kier alpha value is -1.30. The van der Waals surface area contributed by atoms with Gasteiger partial charge in [0, 0.05) is 20.3 Å². The minimum atomic E-state index is -0.514. The number of ether oxygens (including phenoxy) is 3. The molecule has 0 aromatic heterocycles. The number of aliphatic hydroxyl groups is 1. The molecular weight excluding hydrogens is 258 g/mol. The van der Waals surface area contributed by atoms with E-state index < -0.39 is 6.10 Å². The molecule has 1 unspecified atom stereocenters. The molecule has 1 aromatic carbocycles. The SMILES string of the molecule is COCCCCNCC(O)COc1ccc(OC)cc1. The minimum Gasteiger partial charge on any atom is -0.497 e. The van der Waals surface area contributed by atoms with E-state index in [0.717, 1.165) is 37.5 Å². The Morgan fingerprint density at radius 1 is 1.10 bits per heavy atom. The van der Waals surface area contributed by atoms with Crippen molar-refractivity contribution in [2.24, 2.45) is 0 Å². The highest BCUT2D eigenvalue weighted by atomic mass is 16.5. The number of methoxy groups -OCH3 is 2. The van der Waals surface area contributed by atoms with Gasteiger partial charge in [-0.05, 0) is 43.7 Å². The summed E-state index contributed by atoms with van der Waals surface area (Å²) in [5.74, 6) is 1.51. The maximum atomic E-state index is 9.78. The molecule has 20 heavy (non-hydrogen) atoms. The second kappa shape index (κ2) is 10.5. The first-order valence-corrected chi connectivity index (χ1v) is 6.91. The number of hydrogen-bond donors (Lipinski definition) is 2. The van der Waals surface area contributed by atoms with Gasteiger partial charge in [-0.2, -0.15) is 0 Å². The van der Waals surface area contributed by atoms with E-state index in [1.165, 1.54) is 0 Å². The van der Waals surface area contributed by atoms with Crippen LogP contribution < -0.4 is 14.8 Å². The largest absolute Gasteiger partial charge is 0.497 e. The molecule has 0 saturated carbocycles. The van der Waals surface area contributed by atoms with Crippen molar-refractivity contribution in [2.45, 2.75) is 18.9 Å². The van der Waals surface area contributed by atoms with Gasteiger partial charge < -0.3 is 24.6 Å². The molecule has 1 rings (SSSR count). The van der Waals surface area contributed by atoms with Crippen LogP contribution >= 0.6 is 0 Å². The summed E-state index contributed by atoms with van der Waals surface area (Å²) >= 11 is 0. The van der Waals surface area contributed by atoms with Gasteiger partial charge in [0.25, 0.3) is 0 Å². The summed E-state index contributed by atoms with van der Waals surface area (Å²) in [4.78, 5) is 0. The molecule has 0 aliphatic heterocycles. The van der Waals surface area contributed by atoms with E-state index in [0.29, 0.717) is 6.54 Å². The molecule has 0 saturated heterocycles. The lowest BCUT2D eigenvalue weighted by Crippen LogP contribution is -2.32. The summed E-state index contributed by atoms with van der Waals surface area (Å²) in [6.07, 6.45) is 1.56. The third-order valence-corrected chi connectivity index (χ3v) is 2.83. The predicted molar refractivity (Wildman–Crippen MR) is 78.5 cm³/mol. The second-order valence-corrected chi connectivity index (χ2v) is 4.54. The van der Waals surface area contributed by atoms with Crippen LogP contribution in [0.25, 0.3) is 0 Å². The van der Waals surface area contributed by atoms with Crippen molar-refractivity contribution < 1.29 is 19.3 Å². The third-order valence-electron chi connectivity index (χ3n) is 2.83. The van der Waals surface area contributed by atoms with Crippen molar-refractivity contribution in [1.82, 2.24) is 5.32 Å². The smallest absolute Gasteiger partial charge is 0.119 e. The van der Waals surface area contributed by atoms with E-state index in [1.54, 1.807) is 14.2 Å². The first-order valence-electron chi connectivity index (χ1n) is 6.91. The van der Waals surface area contributed by atoms with Crippen molar-refractivity contribution in [2.75, 3.05) is 40.5 Å². The maximum absolute atomic E-state index is 9.78.